The summed E-state index contributed by atoms with van der Waals surface area (Å²) in [5.74, 6) is -1.45. The van der Waals surface area contributed by atoms with Gasteiger partial charge in [-0.1, -0.05) is 26.6 Å². The molecule has 51 heavy (non-hydrogen) atoms. The molecule has 16 nitrogen and oxygen atoms in total. The summed E-state index contributed by atoms with van der Waals surface area (Å²) >= 11 is 0. The van der Waals surface area contributed by atoms with Crippen molar-refractivity contribution in [3.63, 3.8) is 0 Å². The van der Waals surface area contributed by atoms with Crippen LogP contribution >= 0.6 is 20.1 Å². The van der Waals surface area contributed by atoms with Gasteiger partial charge in [-0.25, -0.2) is 9.59 Å². The first-order valence-corrected chi connectivity index (χ1v) is 20.2. The normalized spacial score (nSPS) is 17.9. The van der Waals surface area contributed by atoms with Gasteiger partial charge in [0.25, 0.3) is 0 Å². The van der Waals surface area contributed by atoms with E-state index in [1.54, 1.807) is 12.0 Å². The molecule has 1 aliphatic heterocycles. The summed E-state index contributed by atoms with van der Waals surface area (Å²) in [6.45, 7) is 12.5. The maximum Gasteiger partial charge on any atom is 0.408 e. The molecule has 1 rings (SSSR count). The summed E-state index contributed by atoms with van der Waals surface area (Å²) in [5, 5.41) is 4.53. The molecular formula is C33H53N3O13S2. The van der Waals surface area contributed by atoms with Crippen molar-refractivity contribution >= 4 is 71.8 Å². The summed E-state index contributed by atoms with van der Waals surface area (Å²) in [7, 11) is -3.93. The van der Waals surface area contributed by atoms with Crippen molar-refractivity contribution in [2.24, 2.45) is 0 Å². The number of ether oxygens (including phenoxy) is 3. The number of hydroxylamine groups is 2. The molecule has 1 amide bonds. The topological polar surface area (TPSA) is 209 Å². The third-order valence-corrected chi connectivity index (χ3v) is 12.5. The van der Waals surface area contributed by atoms with Gasteiger partial charge < -0.3 is 29.3 Å². The van der Waals surface area contributed by atoms with Gasteiger partial charge >= 0.3 is 18.0 Å². The Bertz CT molecular complexity index is 1180. The fraction of sp³-hybridized carbons (Fsp3) is 0.667. The lowest BCUT2D eigenvalue weighted by Crippen LogP contribution is -2.62. The van der Waals surface area contributed by atoms with Gasteiger partial charge in [0.15, 0.2) is 33.7 Å². The highest BCUT2D eigenvalue weighted by Crippen LogP contribution is 2.40. The highest BCUT2D eigenvalue weighted by Gasteiger charge is 2.47. The Kier molecular flexibility index (Phi) is 18.4. The number of alkyl carbamates (subject to hydrolysis) is 1. The zero-order valence-electron chi connectivity index (χ0n) is 30.3. The monoisotopic (exact) mass is 763 g/mol. The molecule has 1 atom stereocenters. The number of amides is 1. The van der Waals surface area contributed by atoms with E-state index in [2.05, 4.69) is 11.9 Å². The Morgan fingerprint density at radius 1 is 0.824 bits per heavy atom. The number of nitrogens with zero attached hydrogens (tertiary/aromatic N) is 2. The lowest BCUT2D eigenvalue weighted by atomic mass is 9.80. The number of carbonyl (C=O) groups excluding carboxylic acids is 9. The van der Waals surface area contributed by atoms with E-state index in [1.807, 2.05) is 32.8 Å². The van der Waals surface area contributed by atoms with Crippen LogP contribution < -0.4 is 5.32 Å². The first-order valence-electron chi connectivity index (χ1n) is 16.2. The number of carbonyl (C=O) groups is 9. The van der Waals surface area contributed by atoms with Crippen LogP contribution in [0.5, 0.6) is 0 Å². The second kappa shape index (κ2) is 20.6. The summed E-state index contributed by atoms with van der Waals surface area (Å²) in [5.41, 5.74) is -0.223. The van der Waals surface area contributed by atoms with Crippen LogP contribution in [0.2, 0.25) is 0 Å². The number of esters is 2. The number of hydrogen-bond acceptors (Lipinski definition) is 15. The molecular weight excluding hydrogens is 711 g/mol. The minimum absolute atomic E-state index is 0.000682. The minimum atomic E-state index is -2.76. The molecule has 0 spiro atoms. The third-order valence-electron chi connectivity index (χ3n) is 8.32. The predicted octanol–water partition coefficient (Wildman–Crippen LogP) is 2.55. The Labute approximate surface area is 302 Å². The second-order valence-corrected chi connectivity index (χ2v) is 19.4. The van der Waals surface area contributed by atoms with E-state index >= 15 is 0 Å². The largest absolute Gasteiger partial charge is 0.463 e. The molecule has 290 valence electrons. The number of nitrogens with one attached hydrogen (secondary N) is 1. The minimum Gasteiger partial charge on any atom is -0.463 e. The molecule has 0 aromatic heterocycles. The third kappa shape index (κ3) is 14.2. The summed E-state index contributed by atoms with van der Waals surface area (Å²) in [6, 6.07) is 0. The van der Waals surface area contributed by atoms with Gasteiger partial charge in [0, 0.05) is 36.5 Å². The van der Waals surface area contributed by atoms with Crippen LogP contribution in [0.3, 0.4) is 0 Å². The highest BCUT2D eigenvalue weighted by atomic mass is 32.3. The summed E-state index contributed by atoms with van der Waals surface area (Å²) in [6.07, 6.45) is 0.899. The van der Waals surface area contributed by atoms with E-state index in [1.165, 1.54) is 6.92 Å². The molecule has 0 bridgehead atoms. The standard InChI is InChI=1S/C33H53N3O13S2/c1-8-28(43)47-19-33(6,34-30(45)49-27-17-31(2,3)36(46-7)32(4,5)18-27)20-48-29(44)11-14-35(12-9-15-50(21-37,22-38)23-39)13-10-16-51(24-40,25-41)26-42/h8,21-27H,1,9-20H2,2-7H3,(H,34,45). The fourth-order valence-corrected chi connectivity index (χ4v) is 8.09. The highest BCUT2D eigenvalue weighted by molar-refractivity contribution is 8.62. The lowest BCUT2D eigenvalue weighted by Gasteiger charge is -2.52. The van der Waals surface area contributed by atoms with Crippen LogP contribution in [0, 0.1) is 0 Å². The molecule has 0 radical (unpaired) electrons. The molecule has 18 heteroatoms. The molecule has 0 aromatic rings. The zero-order chi connectivity index (χ0) is 38.9. The average Bonchev–Trinajstić information content (AvgIpc) is 3.08. The predicted molar refractivity (Wildman–Crippen MR) is 196 cm³/mol. The lowest BCUT2D eigenvalue weighted by molar-refractivity contribution is -0.276. The molecule has 0 aliphatic carbocycles. The van der Waals surface area contributed by atoms with Crippen molar-refractivity contribution in [1.82, 2.24) is 15.3 Å². The van der Waals surface area contributed by atoms with Crippen molar-refractivity contribution in [2.75, 3.05) is 51.5 Å². The van der Waals surface area contributed by atoms with Gasteiger partial charge in [-0.05, 0) is 72.1 Å². The smallest absolute Gasteiger partial charge is 0.408 e. The van der Waals surface area contributed by atoms with Gasteiger partial charge in [0.05, 0.1) is 13.5 Å². The van der Waals surface area contributed by atoms with Crippen LogP contribution in [0.25, 0.3) is 0 Å². The number of rotatable bonds is 25. The first kappa shape index (κ1) is 45.6. The van der Waals surface area contributed by atoms with Crippen molar-refractivity contribution in [2.45, 2.75) is 89.4 Å². The van der Waals surface area contributed by atoms with Crippen LogP contribution in [0.15, 0.2) is 12.7 Å². The molecule has 1 N–H and O–H groups in total. The zero-order valence-corrected chi connectivity index (χ0v) is 32.0. The van der Waals surface area contributed by atoms with Gasteiger partial charge in [-0.2, -0.15) is 5.06 Å². The van der Waals surface area contributed by atoms with E-state index in [9.17, 15) is 43.2 Å². The van der Waals surface area contributed by atoms with Gasteiger partial charge in [0.1, 0.15) is 24.9 Å². The van der Waals surface area contributed by atoms with Crippen LogP contribution in [-0.4, -0.2) is 136 Å². The Balaban J connectivity index is 2.98. The molecule has 1 heterocycles. The Morgan fingerprint density at radius 2 is 1.27 bits per heavy atom. The second-order valence-electron chi connectivity index (χ2n) is 13.8. The first-order chi connectivity index (χ1) is 23.9. The van der Waals surface area contributed by atoms with E-state index in [0.717, 1.165) is 6.08 Å². The average molecular weight is 764 g/mol. The SMILES string of the molecule is C=CC(=O)OCC(C)(COC(=O)CCN(CCCS(C=O)(C=O)C=O)CCCS(C=O)(C=O)C=O)NC(=O)OC1CC(C)(C)N(OC)C(C)(C)C1. The Morgan fingerprint density at radius 3 is 1.69 bits per heavy atom. The molecule has 1 aliphatic rings. The molecule has 1 saturated heterocycles. The van der Waals surface area contributed by atoms with Crippen molar-refractivity contribution in [3.8, 4) is 0 Å². The van der Waals surface area contributed by atoms with Crippen LogP contribution in [0.4, 0.5) is 4.79 Å². The number of piperidine rings is 1. The quantitative estimate of drug-likeness (QED) is 0.0613. The fourth-order valence-electron chi connectivity index (χ4n) is 5.98. The van der Waals surface area contributed by atoms with Crippen LogP contribution in [0.1, 0.15) is 66.7 Å². The van der Waals surface area contributed by atoms with E-state index in [-0.39, 0.29) is 57.0 Å². The van der Waals surface area contributed by atoms with Gasteiger partial charge in [-0.15, -0.1) is 0 Å². The van der Waals surface area contributed by atoms with Crippen molar-refractivity contribution in [3.05, 3.63) is 12.7 Å². The molecule has 1 fully saturated rings. The Hall–Kier alpha value is -3.45. The maximum atomic E-state index is 13.1. The van der Waals surface area contributed by atoms with Crippen LogP contribution in [-0.2, 0) is 57.4 Å². The summed E-state index contributed by atoms with van der Waals surface area (Å²) < 4.78 is 16.4. The summed E-state index contributed by atoms with van der Waals surface area (Å²) in [4.78, 5) is 114. The molecule has 0 aromatic carbocycles. The van der Waals surface area contributed by atoms with E-state index < -0.39 is 67.4 Å². The van der Waals surface area contributed by atoms with Crippen molar-refractivity contribution < 1.29 is 62.2 Å². The maximum absolute atomic E-state index is 13.1. The van der Waals surface area contributed by atoms with Gasteiger partial charge in [0.2, 0.25) is 0 Å². The van der Waals surface area contributed by atoms with Crippen molar-refractivity contribution in [1.29, 1.82) is 0 Å². The van der Waals surface area contributed by atoms with Gasteiger partial charge in [-0.3, -0.25) is 33.6 Å². The number of hydrogen-bond donors (Lipinski definition) is 1. The van der Waals surface area contributed by atoms with E-state index in [0.29, 0.717) is 46.6 Å². The molecule has 0 saturated carbocycles. The van der Waals surface area contributed by atoms with E-state index in [4.69, 9.17) is 19.0 Å². The molecule has 1 unspecified atom stereocenters.